The van der Waals surface area contributed by atoms with E-state index >= 15 is 0 Å². The summed E-state index contributed by atoms with van der Waals surface area (Å²) < 4.78 is 11.3. The number of rotatable bonds is 8. The highest BCUT2D eigenvalue weighted by molar-refractivity contribution is 6.34. The first kappa shape index (κ1) is 21.8. The Balaban J connectivity index is 1.47. The Bertz CT molecular complexity index is 829. The van der Waals surface area contributed by atoms with E-state index in [1.807, 2.05) is 24.3 Å². The third kappa shape index (κ3) is 6.57. The second kappa shape index (κ2) is 10.8. The van der Waals surface area contributed by atoms with Crippen LogP contribution in [0.4, 0.5) is 0 Å². The summed E-state index contributed by atoms with van der Waals surface area (Å²) in [7, 11) is 2.13. The Hall–Kier alpha value is -1.86. The van der Waals surface area contributed by atoms with Crippen molar-refractivity contribution in [3.8, 4) is 5.75 Å². The van der Waals surface area contributed by atoms with Crippen LogP contribution in [-0.4, -0.2) is 55.2 Å². The summed E-state index contributed by atoms with van der Waals surface area (Å²) in [5.74, 6) is 0.401. The van der Waals surface area contributed by atoms with Gasteiger partial charge in [-0.1, -0.05) is 35.3 Å². The van der Waals surface area contributed by atoms with Crippen LogP contribution in [0.25, 0.3) is 0 Å². The van der Waals surface area contributed by atoms with Gasteiger partial charge in [-0.3, -0.25) is 9.69 Å². The molecule has 8 heteroatoms. The van der Waals surface area contributed by atoms with Gasteiger partial charge < -0.3 is 14.8 Å². The summed E-state index contributed by atoms with van der Waals surface area (Å²) >= 11 is 11.9. The molecule has 0 unspecified atom stereocenters. The Morgan fingerprint density at radius 1 is 1.28 bits per heavy atom. The molecule has 2 aromatic rings. The molecule has 0 saturated carbocycles. The smallest absolute Gasteiger partial charge is 0.271 e. The first-order valence-corrected chi connectivity index (χ1v) is 10.4. The predicted octanol–water partition coefficient (Wildman–Crippen LogP) is 3.81. The minimum absolute atomic E-state index is 0.114. The fourth-order valence-corrected chi connectivity index (χ4v) is 3.54. The molecule has 3 rings (SSSR count). The highest BCUT2D eigenvalue weighted by Crippen LogP contribution is 2.18. The summed E-state index contributed by atoms with van der Waals surface area (Å²) in [5, 5.41) is 3.29. The van der Waals surface area contributed by atoms with E-state index < -0.39 is 0 Å². The molecule has 1 aromatic carbocycles. The van der Waals surface area contributed by atoms with Crippen LogP contribution in [0.1, 0.15) is 28.9 Å². The molecule has 6 nitrogen and oxygen atoms in total. The minimum atomic E-state index is -0.373. The van der Waals surface area contributed by atoms with Crippen molar-refractivity contribution in [2.45, 2.75) is 25.4 Å². The van der Waals surface area contributed by atoms with Crippen LogP contribution >= 0.6 is 23.2 Å². The number of aromatic nitrogens is 1. The first-order chi connectivity index (χ1) is 14.0. The predicted molar refractivity (Wildman–Crippen MR) is 114 cm³/mol. The topological polar surface area (TPSA) is 63.7 Å². The Kier molecular flexibility index (Phi) is 8.12. The van der Waals surface area contributed by atoms with Gasteiger partial charge in [-0.15, -0.1) is 0 Å². The van der Waals surface area contributed by atoms with Crippen LogP contribution in [0.5, 0.6) is 5.75 Å². The van der Waals surface area contributed by atoms with Crippen LogP contribution in [0.2, 0.25) is 10.2 Å². The van der Waals surface area contributed by atoms with E-state index in [0.29, 0.717) is 19.2 Å². The molecular weight excluding hydrogens is 413 g/mol. The minimum Gasteiger partial charge on any atom is -0.492 e. The Morgan fingerprint density at radius 3 is 2.86 bits per heavy atom. The number of ether oxygens (including phenoxy) is 2. The zero-order valence-electron chi connectivity index (χ0n) is 16.4. The third-order valence-electron chi connectivity index (χ3n) is 4.91. The maximum Gasteiger partial charge on any atom is 0.271 e. The van der Waals surface area contributed by atoms with Gasteiger partial charge >= 0.3 is 0 Å². The Morgan fingerprint density at radius 2 is 2.07 bits per heavy atom. The van der Waals surface area contributed by atoms with Gasteiger partial charge in [0.05, 0.1) is 5.02 Å². The summed E-state index contributed by atoms with van der Waals surface area (Å²) in [6.45, 7) is 3.46. The second-order valence-electron chi connectivity index (χ2n) is 6.97. The molecule has 0 aliphatic carbocycles. The average Bonchev–Trinajstić information content (AvgIpc) is 2.74. The molecule has 1 N–H and O–H groups in total. The molecule has 1 aliphatic heterocycles. The van der Waals surface area contributed by atoms with Crippen LogP contribution in [-0.2, 0) is 11.3 Å². The van der Waals surface area contributed by atoms with Crippen molar-refractivity contribution in [2.75, 3.05) is 33.4 Å². The average molecular weight is 438 g/mol. The van der Waals surface area contributed by atoms with Crippen LogP contribution < -0.4 is 10.1 Å². The van der Waals surface area contributed by atoms with E-state index in [1.165, 1.54) is 0 Å². The van der Waals surface area contributed by atoms with Crippen molar-refractivity contribution < 1.29 is 14.3 Å². The largest absolute Gasteiger partial charge is 0.492 e. The highest BCUT2D eigenvalue weighted by Gasteiger charge is 2.18. The van der Waals surface area contributed by atoms with Crippen LogP contribution in [0.15, 0.2) is 36.4 Å². The normalized spacial score (nSPS) is 14.8. The monoisotopic (exact) mass is 437 g/mol. The first-order valence-electron chi connectivity index (χ1n) is 9.63. The van der Waals surface area contributed by atoms with Gasteiger partial charge in [0.2, 0.25) is 0 Å². The molecule has 0 radical (unpaired) electrons. The second-order valence-corrected chi connectivity index (χ2v) is 7.76. The molecule has 0 bridgehead atoms. The van der Waals surface area contributed by atoms with Gasteiger partial charge in [0, 0.05) is 32.3 Å². The van der Waals surface area contributed by atoms with E-state index in [-0.39, 0.29) is 21.8 Å². The lowest BCUT2D eigenvalue weighted by Crippen LogP contribution is -2.38. The number of likely N-dealkylation sites (N-methyl/N-ethyl adjacent to an activating group) is 1. The maximum atomic E-state index is 12.3. The number of nitrogens with zero attached hydrogens (tertiary/aromatic N) is 2. The molecule has 2 heterocycles. The molecular formula is C21H25Cl2N3O3. The van der Waals surface area contributed by atoms with Gasteiger partial charge in [-0.25, -0.2) is 4.98 Å². The van der Waals surface area contributed by atoms with Crippen molar-refractivity contribution in [1.82, 2.24) is 15.2 Å². The molecule has 1 aromatic heterocycles. The molecule has 29 heavy (non-hydrogen) atoms. The van der Waals surface area contributed by atoms with Crippen LogP contribution in [0, 0.1) is 0 Å². The molecule has 1 amide bonds. The summed E-state index contributed by atoms with van der Waals surface area (Å²) in [6.07, 6.45) is 2.13. The standard InChI is InChI=1S/C21H25Cl2N3O3/c1-26(16-7-10-28-11-8-16)9-12-29-17-4-2-3-15(13-17)14-24-21(27)20-18(22)5-6-19(23)25-20/h2-6,13,16H,7-12,14H2,1H3,(H,24,27). The molecule has 0 spiro atoms. The van der Waals surface area contributed by atoms with Gasteiger partial charge in [-0.05, 0) is 49.7 Å². The SMILES string of the molecule is CN(CCOc1cccc(CNC(=O)c2nc(Cl)ccc2Cl)c1)C1CCOCC1. The van der Waals surface area contributed by atoms with Crippen molar-refractivity contribution in [3.05, 3.63) is 57.8 Å². The van der Waals surface area contributed by atoms with Crippen molar-refractivity contribution >= 4 is 29.1 Å². The van der Waals surface area contributed by atoms with E-state index in [1.54, 1.807) is 12.1 Å². The lowest BCUT2D eigenvalue weighted by Gasteiger charge is -2.31. The van der Waals surface area contributed by atoms with Crippen molar-refractivity contribution in [1.29, 1.82) is 0 Å². The zero-order valence-corrected chi connectivity index (χ0v) is 17.9. The van der Waals surface area contributed by atoms with Gasteiger partial charge in [-0.2, -0.15) is 0 Å². The highest BCUT2D eigenvalue weighted by atomic mass is 35.5. The Labute approximate surface area is 181 Å². The molecule has 156 valence electrons. The zero-order chi connectivity index (χ0) is 20.6. The number of amides is 1. The van der Waals surface area contributed by atoms with E-state index in [9.17, 15) is 4.79 Å². The number of hydrogen-bond donors (Lipinski definition) is 1. The summed E-state index contributed by atoms with van der Waals surface area (Å²) in [4.78, 5) is 18.6. The lowest BCUT2D eigenvalue weighted by atomic mass is 10.1. The number of carbonyl (C=O) groups is 1. The molecule has 1 fully saturated rings. The van der Waals surface area contributed by atoms with Gasteiger partial charge in [0.25, 0.3) is 5.91 Å². The number of nitrogens with one attached hydrogen (secondary N) is 1. The summed E-state index contributed by atoms with van der Waals surface area (Å²) in [5.41, 5.74) is 1.04. The fourth-order valence-electron chi connectivity index (χ4n) is 3.20. The van der Waals surface area contributed by atoms with Gasteiger partial charge in [0.15, 0.2) is 0 Å². The number of hydrogen-bond acceptors (Lipinski definition) is 5. The number of halogens is 2. The number of pyridine rings is 1. The maximum absolute atomic E-state index is 12.3. The lowest BCUT2D eigenvalue weighted by molar-refractivity contribution is 0.0392. The molecule has 1 saturated heterocycles. The summed E-state index contributed by atoms with van der Waals surface area (Å²) in [6, 6.07) is 11.3. The van der Waals surface area contributed by atoms with E-state index in [0.717, 1.165) is 43.9 Å². The number of carbonyl (C=O) groups excluding carboxylic acids is 1. The van der Waals surface area contributed by atoms with E-state index in [2.05, 4.69) is 22.2 Å². The third-order valence-corrected chi connectivity index (χ3v) is 5.42. The quantitative estimate of drug-likeness (QED) is 0.636. The number of benzene rings is 1. The van der Waals surface area contributed by atoms with Crippen molar-refractivity contribution in [2.24, 2.45) is 0 Å². The molecule has 0 atom stereocenters. The van der Waals surface area contributed by atoms with Gasteiger partial charge in [0.1, 0.15) is 23.2 Å². The van der Waals surface area contributed by atoms with Crippen molar-refractivity contribution in [3.63, 3.8) is 0 Å². The fraction of sp³-hybridized carbons (Fsp3) is 0.429. The van der Waals surface area contributed by atoms with Crippen LogP contribution in [0.3, 0.4) is 0 Å². The molecule has 1 aliphatic rings. The van der Waals surface area contributed by atoms with E-state index in [4.69, 9.17) is 32.7 Å².